The molecule has 0 spiro atoms. The Bertz CT molecular complexity index is 810. The van der Waals surface area contributed by atoms with Gasteiger partial charge in [0.05, 0.1) is 0 Å². The van der Waals surface area contributed by atoms with Crippen LogP contribution in [0, 0.1) is 0 Å². The van der Waals surface area contributed by atoms with E-state index in [1.54, 1.807) is 0 Å². The predicted molar refractivity (Wildman–Crippen MR) is 127 cm³/mol. The molecule has 2 rings (SSSR count). The molecule has 1 atom stereocenters. The molecule has 4 heteroatoms. The summed E-state index contributed by atoms with van der Waals surface area (Å²) in [6.07, 6.45) is 1.85. The number of hydrogen-bond acceptors (Lipinski definition) is 2. The second-order valence-electron chi connectivity index (χ2n) is 10.3. The third kappa shape index (κ3) is 5.31. The summed E-state index contributed by atoms with van der Waals surface area (Å²) in [7, 11) is -3.05. The van der Waals surface area contributed by atoms with Gasteiger partial charge in [0.25, 0.3) is 0 Å². The molecule has 1 N–H and O–H groups in total. The van der Waals surface area contributed by atoms with E-state index in [2.05, 4.69) is 91.8 Å². The van der Waals surface area contributed by atoms with Gasteiger partial charge in [-0.25, -0.2) is 0 Å². The summed E-state index contributed by atoms with van der Waals surface area (Å²) in [6, 6.07) is 12.7. The standard InChI is InChI=1S/C26H38FO2P/c1-10-18-12-14-20(22(16-18)24(3,4)5)26(9,29-30(27)28)21-15-13-19(11-2)17-23(21)25(6,7)8/h12-17,28H,10-11H2,1-9H3. The van der Waals surface area contributed by atoms with Crippen LogP contribution in [0.25, 0.3) is 0 Å². The van der Waals surface area contributed by atoms with Gasteiger partial charge < -0.3 is 4.89 Å². The number of rotatable bonds is 6. The molecule has 0 saturated heterocycles. The van der Waals surface area contributed by atoms with E-state index in [9.17, 15) is 9.09 Å². The van der Waals surface area contributed by atoms with Crippen molar-refractivity contribution < 1.29 is 13.6 Å². The van der Waals surface area contributed by atoms with Crippen molar-refractivity contribution in [3.8, 4) is 0 Å². The Labute approximate surface area is 183 Å². The van der Waals surface area contributed by atoms with Gasteiger partial charge in [-0.15, -0.1) is 0 Å². The first kappa shape index (κ1) is 25.0. The van der Waals surface area contributed by atoms with Gasteiger partial charge in [0, 0.05) is 0 Å². The zero-order chi connectivity index (χ0) is 22.9. The number of hydrogen-bond donors (Lipinski definition) is 1. The van der Waals surface area contributed by atoms with Crippen LogP contribution in [0.4, 0.5) is 4.20 Å². The van der Waals surface area contributed by atoms with Crippen LogP contribution < -0.4 is 0 Å². The van der Waals surface area contributed by atoms with Crippen molar-refractivity contribution >= 4 is 8.69 Å². The van der Waals surface area contributed by atoms with Crippen LogP contribution >= 0.6 is 8.69 Å². The molecule has 1 unspecified atom stereocenters. The Balaban J connectivity index is 2.91. The lowest BCUT2D eigenvalue weighted by molar-refractivity contribution is 0.117. The number of halogens is 1. The summed E-state index contributed by atoms with van der Waals surface area (Å²) < 4.78 is 19.9. The smallest absolute Gasteiger partial charge is 0.325 e. The molecule has 0 aliphatic rings. The second kappa shape index (κ2) is 9.07. The molecule has 166 valence electrons. The van der Waals surface area contributed by atoms with Crippen molar-refractivity contribution in [2.75, 3.05) is 0 Å². The third-order valence-corrected chi connectivity index (χ3v) is 6.40. The van der Waals surface area contributed by atoms with Crippen LogP contribution in [-0.2, 0) is 33.8 Å². The molecule has 0 bridgehead atoms. The van der Waals surface area contributed by atoms with Crippen LogP contribution in [-0.4, -0.2) is 4.89 Å². The summed E-state index contributed by atoms with van der Waals surface area (Å²) in [4.78, 5) is 9.78. The summed E-state index contributed by atoms with van der Waals surface area (Å²) in [6.45, 7) is 19.1. The Kier molecular flexibility index (Phi) is 7.55. The van der Waals surface area contributed by atoms with Crippen molar-refractivity contribution in [3.63, 3.8) is 0 Å². The molecule has 0 aliphatic carbocycles. The minimum absolute atomic E-state index is 0.162. The molecule has 30 heavy (non-hydrogen) atoms. The SMILES string of the molecule is CCc1ccc(C(C)(OP(O)F)c2ccc(CC)cc2C(C)(C)C)c(C(C)(C)C)c1. The van der Waals surface area contributed by atoms with E-state index in [1.807, 2.05) is 6.92 Å². The minimum atomic E-state index is -3.05. The second-order valence-corrected chi connectivity index (χ2v) is 11.0. The molecule has 0 radical (unpaired) electrons. The third-order valence-electron chi connectivity index (χ3n) is 5.89. The van der Waals surface area contributed by atoms with Crippen molar-refractivity contribution in [2.45, 2.75) is 91.6 Å². The van der Waals surface area contributed by atoms with Gasteiger partial charge in [-0.2, -0.15) is 4.20 Å². The molecule has 2 nitrogen and oxygen atoms in total. The van der Waals surface area contributed by atoms with Gasteiger partial charge >= 0.3 is 8.69 Å². The molecule has 0 fully saturated rings. The summed E-state index contributed by atoms with van der Waals surface area (Å²) in [5.41, 5.74) is 5.06. The molecule has 0 heterocycles. The van der Waals surface area contributed by atoms with Crippen molar-refractivity contribution in [2.24, 2.45) is 0 Å². The molecule has 0 saturated carbocycles. The van der Waals surface area contributed by atoms with Crippen LogP contribution in [0.1, 0.15) is 95.7 Å². The first-order valence-electron chi connectivity index (χ1n) is 10.9. The highest BCUT2D eigenvalue weighted by Crippen LogP contribution is 2.51. The molecule has 0 aliphatic heterocycles. The van der Waals surface area contributed by atoms with Gasteiger partial charge in [-0.05, 0) is 64.0 Å². The summed E-state index contributed by atoms with van der Waals surface area (Å²) >= 11 is 0. The van der Waals surface area contributed by atoms with E-state index in [0.29, 0.717) is 0 Å². The van der Waals surface area contributed by atoms with Gasteiger partial charge in [-0.3, -0.25) is 4.52 Å². The Hall–Kier alpha value is -1.28. The maximum Gasteiger partial charge on any atom is 0.373 e. The minimum Gasteiger partial charge on any atom is -0.325 e. The first-order chi connectivity index (χ1) is 13.7. The Morgan fingerprint density at radius 2 is 1.10 bits per heavy atom. The lowest BCUT2D eigenvalue weighted by Gasteiger charge is -2.39. The zero-order valence-corrected chi connectivity index (χ0v) is 21.0. The van der Waals surface area contributed by atoms with Gasteiger partial charge in [0.2, 0.25) is 0 Å². The molecule has 0 aromatic heterocycles. The molecule has 2 aromatic rings. The van der Waals surface area contributed by atoms with Crippen molar-refractivity contribution in [3.05, 3.63) is 69.8 Å². The quantitative estimate of drug-likeness (QED) is 0.471. The fourth-order valence-corrected chi connectivity index (χ4v) is 4.59. The highest BCUT2D eigenvalue weighted by Gasteiger charge is 2.40. The normalized spacial score (nSPS) is 14.1. The monoisotopic (exact) mass is 432 g/mol. The van der Waals surface area contributed by atoms with E-state index < -0.39 is 14.3 Å². The maximum atomic E-state index is 14.1. The highest BCUT2D eigenvalue weighted by molar-refractivity contribution is 7.40. The van der Waals surface area contributed by atoms with Crippen LogP contribution in [0.5, 0.6) is 0 Å². The van der Waals surface area contributed by atoms with E-state index in [-0.39, 0.29) is 10.8 Å². The lowest BCUT2D eigenvalue weighted by atomic mass is 9.72. The first-order valence-corrected chi connectivity index (χ1v) is 12.0. The van der Waals surface area contributed by atoms with Crippen LogP contribution in [0.15, 0.2) is 36.4 Å². The van der Waals surface area contributed by atoms with Gasteiger partial charge in [0.15, 0.2) is 0 Å². The van der Waals surface area contributed by atoms with E-state index in [1.165, 1.54) is 11.1 Å². The Morgan fingerprint density at radius 3 is 1.37 bits per heavy atom. The van der Waals surface area contributed by atoms with Crippen molar-refractivity contribution in [1.29, 1.82) is 0 Å². The molecule has 2 aromatic carbocycles. The average molecular weight is 433 g/mol. The topological polar surface area (TPSA) is 29.5 Å². The van der Waals surface area contributed by atoms with E-state index in [0.717, 1.165) is 35.1 Å². The molecular weight excluding hydrogens is 394 g/mol. The number of aryl methyl sites for hydroxylation is 2. The number of benzene rings is 2. The van der Waals surface area contributed by atoms with Crippen molar-refractivity contribution in [1.82, 2.24) is 0 Å². The van der Waals surface area contributed by atoms with Crippen LogP contribution in [0.2, 0.25) is 0 Å². The zero-order valence-electron chi connectivity index (χ0n) is 20.1. The lowest BCUT2D eigenvalue weighted by Crippen LogP contribution is -2.33. The Morgan fingerprint density at radius 1 is 0.733 bits per heavy atom. The highest BCUT2D eigenvalue weighted by atomic mass is 31.2. The summed E-state index contributed by atoms with van der Waals surface area (Å²) in [5, 5.41) is 0. The van der Waals surface area contributed by atoms with Crippen LogP contribution in [0.3, 0.4) is 0 Å². The average Bonchev–Trinajstić information content (AvgIpc) is 2.65. The molecule has 0 amide bonds. The maximum absolute atomic E-state index is 14.1. The fourth-order valence-electron chi connectivity index (χ4n) is 4.09. The van der Waals surface area contributed by atoms with E-state index >= 15 is 0 Å². The molecular formula is C26H38FO2P. The fraction of sp³-hybridized carbons (Fsp3) is 0.538. The largest absolute Gasteiger partial charge is 0.373 e. The van der Waals surface area contributed by atoms with Gasteiger partial charge in [0.1, 0.15) is 5.60 Å². The predicted octanol–water partition coefficient (Wildman–Crippen LogP) is 7.88. The van der Waals surface area contributed by atoms with E-state index in [4.69, 9.17) is 4.52 Å². The summed E-state index contributed by atoms with van der Waals surface area (Å²) in [5.74, 6) is 0. The van der Waals surface area contributed by atoms with Gasteiger partial charge in [-0.1, -0.05) is 91.8 Å².